The van der Waals surface area contributed by atoms with E-state index in [0.29, 0.717) is 28.4 Å². The van der Waals surface area contributed by atoms with Crippen molar-refractivity contribution in [2.75, 3.05) is 4.81 Å². The second kappa shape index (κ2) is 18.3. The van der Waals surface area contributed by atoms with Crippen molar-refractivity contribution >= 4 is 29.5 Å². The Morgan fingerprint density at radius 2 is 1.21 bits per heavy atom. The predicted molar refractivity (Wildman–Crippen MR) is 297 cm³/mol. The van der Waals surface area contributed by atoms with Crippen LogP contribution < -0.4 is 9.55 Å². The van der Waals surface area contributed by atoms with Crippen LogP contribution in [0.15, 0.2) is 176 Å². The number of pyridine rings is 1. The Bertz CT molecular complexity index is 4030. The molecule has 0 N–H and O–H groups in total. The summed E-state index contributed by atoms with van der Waals surface area (Å²) in [7, 11) is 0. The number of rotatable bonds is 8. The van der Waals surface area contributed by atoms with Crippen molar-refractivity contribution in [3.8, 4) is 67.6 Å². The van der Waals surface area contributed by atoms with Crippen LogP contribution in [0.1, 0.15) is 85.9 Å². The third-order valence-electron chi connectivity index (χ3n) is 13.7. The van der Waals surface area contributed by atoms with Gasteiger partial charge in [-0.2, -0.15) is 5.10 Å². The van der Waals surface area contributed by atoms with E-state index in [0.717, 1.165) is 76.7 Å². The second-order valence-corrected chi connectivity index (χ2v) is 22.9. The molecule has 10 aromatic rings. The van der Waals surface area contributed by atoms with Crippen LogP contribution in [-0.2, 0) is 35.6 Å². The summed E-state index contributed by atoms with van der Waals surface area (Å²) in [4.78, 5) is 7.12. The first-order chi connectivity index (χ1) is 37.0. The number of imidazole rings is 1. The summed E-state index contributed by atoms with van der Waals surface area (Å²) in [5.74, 6) is 1.74. The van der Waals surface area contributed by atoms with Crippen LogP contribution in [0.3, 0.4) is 0 Å². The molecule has 0 saturated heterocycles. The van der Waals surface area contributed by atoms with Gasteiger partial charge in [0.1, 0.15) is 0 Å². The number of hydrogen-bond donors (Lipinski definition) is 0. The molecule has 1 aliphatic rings. The number of fused-ring (bicyclic) bond motifs is 4. The SMILES string of the molecule is [2H]c1c([2H])c([2H])c(-c2cccc(-c3cc(C(C)(C)C)cc(C(C)(C)C)c3)c2-n2[c](=[Pt])n(-c3[c-]c(Oc4[c-]c5c(cc4)-c4cc(-c6ccccc6)nn4B(C)N5c4cc(C(C)(C)C)ccn4)ccc3)c3ccccc32)c([2H])c1[2H]. The van der Waals surface area contributed by atoms with Gasteiger partial charge in [-0.25, -0.2) is 0 Å². The van der Waals surface area contributed by atoms with E-state index in [1.165, 1.54) is 0 Å². The number of ether oxygens (including phenoxy) is 1. The molecule has 11 rings (SSSR count). The molecule has 73 heavy (non-hydrogen) atoms. The Balaban J connectivity index is 1.08. The van der Waals surface area contributed by atoms with Gasteiger partial charge in [0.2, 0.25) is 0 Å². The van der Waals surface area contributed by atoms with Crippen LogP contribution in [0, 0.1) is 15.9 Å². The topological polar surface area (TPSA) is 53.0 Å². The van der Waals surface area contributed by atoms with Gasteiger partial charge < -0.3 is 0 Å². The van der Waals surface area contributed by atoms with Crippen LogP contribution in [0.2, 0.25) is 6.82 Å². The van der Waals surface area contributed by atoms with Crippen LogP contribution in [0.4, 0.5) is 11.5 Å². The van der Waals surface area contributed by atoms with Gasteiger partial charge >= 0.3 is 360 Å². The zero-order valence-corrected chi connectivity index (χ0v) is 45.1. The molecule has 7 aromatic carbocycles. The monoisotopic (exact) mass is 1140 g/mol. The maximum absolute atomic E-state index is 9.30. The van der Waals surface area contributed by atoms with Gasteiger partial charge in [0.25, 0.3) is 0 Å². The van der Waals surface area contributed by atoms with Crippen LogP contribution in [0.25, 0.3) is 67.2 Å². The van der Waals surface area contributed by atoms with Gasteiger partial charge in [-0.05, 0) is 17.0 Å². The molecule has 0 amide bonds. The molecule has 7 nitrogen and oxygen atoms in total. The van der Waals surface area contributed by atoms with Crippen LogP contribution in [0.5, 0.6) is 11.5 Å². The minimum absolute atomic E-state index is 0.112. The van der Waals surface area contributed by atoms with Crippen LogP contribution >= 0.6 is 0 Å². The summed E-state index contributed by atoms with van der Waals surface area (Å²) in [6.45, 7) is 21.7. The number of hydrogen-bond acceptors (Lipinski definition) is 4. The summed E-state index contributed by atoms with van der Waals surface area (Å²) in [5, 5.41) is 5.16. The van der Waals surface area contributed by atoms with Gasteiger partial charge in [0, 0.05) is 11.8 Å². The molecule has 366 valence electrons. The van der Waals surface area contributed by atoms with Crippen LogP contribution in [-0.4, -0.2) is 30.8 Å². The molecule has 0 radical (unpaired) electrons. The number of benzene rings is 7. The molecular weight excluding hydrogens is 1070 g/mol. The molecule has 0 fully saturated rings. The maximum atomic E-state index is 9.30. The van der Waals surface area contributed by atoms with E-state index in [1.807, 2.05) is 72.9 Å². The summed E-state index contributed by atoms with van der Waals surface area (Å²) in [6, 6.07) is 52.6. The number of para-hydroxylation sites is 3. The zero-order valence-electron chi connectivity index (χ0n) is 47.8. The molecule has 0 saturated carbocycles. The third kappa shape index (κ3) is 8.94. The Kier molecular flexibility index (Phi) is 10.6. The molecular formula is C64H59BN6OPt-2. The number of nitrogens with zero attached hydrogens (tertiary/aromatic N) is 6. The first kappa shape index (κ1) is 42.3. The van der Waals surface area contributed by atoms with E-state index in [2.05, 4.69) is 192 Å². The second-order valence-electron chi connectivity index (χ2n) is 21.9. The Labute approximate surface area is 448 Å². The summed E-state index contributed by atoms with van der Waals surface area (Å²) >= 11 is 2.35. The first-order valence-corrected chi connectivity index (χ1v) is 25.9. The first-order valence-electron chi connectivity index (χ1n) is 27.2. The Morgan fingerprint density at radius 1 is 0.575 bits per heavy atom. The summed E-state index contributed by atoms with van der Waals surface area (Å²) < 4.78 is 58.6. The fourth-order valence-corrected chi connectivity index (χ4v) is 10.8. The number of anilines is 2. The zero-order chi connectivity index (χ0) is 55.3. The van der Waals surface area contributed by atoms with E-state index in [-0.39, 0.29) is 40.9 Å². The molecule has 9 heteroatoms. The van der Waals surface area contributed by atoms with Gasteiger partial charge in [-0.3, -0.25) is 0 Å². The number of aromatic nitrogens is 5. The Hall–Kier alpha value is -7.28. The van der Waals surface area contributed by atoms with Crippen molar-refractivity contribution in [1.29, 1.82) is 0 Å². The predicted octanol–water partition coefficient (Wildman–Crippen LogP) is 16.2. The fraction of sp³-hybridized carbons (Fsp3) is 0.203. The van der Waals surface area contributed by atoms with E-state index < -0.39 is 18.1 Å². The van der Waals surface area contributed by atoms with Crippen molar-refractivity contribution in [2.45, 2.75) is 85.4 Å². The van der Waals surface area contributed by atoms with E-state index in [1.54, 1.807) is 0 Å². The summed E-state index contributed by atoms with van der Waals surface area (Å²) in [6.07, 6.45) is 1.87. The molecule has 3 aromatic heterocycles. The standard InChI is InChI=1S/C64H59BN6O.Pt/c1-62(2,3)46-33-34-66-60(38-46)70-58-40-51(31-32-54(58)59-41-55(67-71(59)65(70)10)44-23-15-12-16-24-44)72-50-26-19-25-49(39-50)68-42-69(57-30-18-17-29-56(57)68)61-52(43-21-13-11-14-22-43)27-20-28-53(61)45-35-47(63(4,5)6)37-48(36-45)64(7,8)9;/h11-38,41H,1-10H3;/q-2;/i11D,13D,14D,21D,22D;. The summed E-state index contributed by atoms with van der Waals surface area (Å²) in [5.41, 5.74) is 13.1. The average molecular weight is 1140 g/mol. The van der Waals surface area contributed by atoms with E-state index in [4.69, 9.17) is 18.9 Å². The van der Waals surface area contributed by atoms with Crippen molar-refractivity contribution in [1.82, 2.24) is 23.8 Å². The van der Waals surface area contributed by atoms with Gasteiger partial charge in [-0.15, -0.1) is 0 Å². The molecule has 0 aliphatic carbocycles. The van der Waals surface area contributed by atoms with E-state index in [9.17, 15) is 2.74 Å². The molecule has 0 unspecified atom stereocenters. The quantitative estimate of drug-likeness (QED) is 0.112. The average Bonchev–Trinajstić information content (AvgIpc) is 4.18. The molecule has 0 atom stereocenters. The van der Waals surface area contributed by atoms with Crippen molar-refractivity contribution in [3.05, 3.63) is 209 Å². The molecule has 0 bridgehead atoms. The minimum atomic E-state index is -0.441. The van der Waals surface area contributed by atoms with Gasteiger partial charge in [0.05, 0.1) is 5.69 Å². The third-order valence-corrected chi connectivity index (χ3v) is 14.7. The van der Waals surface area contributed by atoms with Crippen molar-refractivity contribution < 1.29 is 30.9 Å². The van der Waals surface area contributed by atoms with Crippen molar-refractivity contribution in [2.24, 2.45) is 0 Å². The molecule has 1 aliphatic heterocycles. The Morgan fingerprint density at radius 3 is 1.89 bits per heavy atom. The molecule has 4 heterocycles. The fourth-order valence-electron chi connectivity index (χ4n) is 9.72. The van der Waals surface area contributed by atoms with Crippen molar-refractivity contribution in [3.63, 3.8) is 0 Å². The van der Waals surface area contributed by atoms with Gasteiger partial charge in [-0.1, -0.05) is 51.1 Å². The molecule has 0 spiro atoms. The van der Waals surface area contributed by atoms with E-state index >= 15 is 0 Å². The van der Waals surface area contributed by atoms with Gasteiger partial charge in [0.15, 0.2) is 0 Å². The normalized spacial score (nSPS) is 13.8.